The van der Waals surface area contributed by atoms with Gasteiger partial charge in [-0.1, -0.05) is 34.8 Å². The predicted molar refractivity (Wildman–Crippen MR) is 70.6 cm³/mol. The number of aliphatic hydroxyl groups excluding tert-OH is 1. The molecule has 0 atom stereocenters. The van der Waals surface area contributed by atoms with E-state index < -0.39 is 0 Å². The largest absolute Gasteiger partial charge is 0.392 e. The fourth-order valence-corrected chi connectivity index (χ4v) is 2.42. The van der Waals surface area contributed by atoms with Gasteiger partial charge in [-0.15, -0.1) is 0 Å². The van der Waals surface area contributed by atoms with E-state index >= 15 is 0 Å². The summed E-state index contributed by atoms with van der Waals surface area (Å²) >= 11 is 17.9. The van der Waals surface area contributed by atoms with Crippen LogP contribution in [0.15, 0.2) is 30.5 Å². The molecule has 88 valence electrons. The average molecular weight is 289 g/mol. The first-order valence-corrected chi connectivity index (χ1v) is 5.96. The summed E-state index contributed by atoms with van der Waals surface area (Å²) in [5, 5.41) is 10.6. The fourth-order valence-electron chi connectivity index (χ4n) is 1.61. The molecule has 2 nitrogen and oxygen atoms in total. The highest BCUT2D eigenvalue weighted by Crippen LogP contribution is 2.33. The van der Waals surface area contributed by atoms with Crippen molar-refractivity contribution in [2.45, 2.75) is 6.61 Å². The first-order valence-electron chi connectivity index (χ1n) is 4.82. The van der Waals surface area contributed by atoms with E-state index in [4.69, 9.17) is 34.8 Å². The van der Waals surface area contributed by atoms with Gasteiger partial charge in [0.15, 0.2) is 0 Å². The van der Waals surface area contributed by atoms with Crippen LogP contribution in [0.2, 0.25) is 15.2 Å². The van der Waals surface area contributed by atoms with E-state index in [1.807, 2.05) is 0 Å². The summed E-state index contributed by atoms with van der Waals surface area (Å²) < 4.78 is 0. The van der Waals surface area contributed by atoms with Crippen LogP contribution < -0.4 is 0 Å². The van der Waals surface area contributed by atoms with E-state index in [-0.39, 0.29) is 6.61 Å². The Labute approximate surface area is 114 Å². The summed E-state index contributed by atoms with van der Waals surface area (Å²) in [7, 11) is 0. The van der Waals surface area contributed by atoms with Gasteiger partial charge in [0.1, 0.15) is 5.15 Å². The number of pyridine rings is 1. The molecule has 1 aromatic carbocycles. The lowest BCUT2D eigenvalue weighted by Gasteiger charge is -2.09. The lowest BCUT2D eigenvalue weighted by Crippen LogP contribution is -1.92. The van der Waals surface area contributed by atoms with Crippen molar-refractivity contribution in [1.82, 2.24) is 4.98 Å². The standard InChI is InChI=1S/C12H8Cl3NO/c13-9-3-8(4-10(14)5-9)11-7(6-17)1-2-16-12(11)15/h1-5,17H,6H2. The third-order valence-corrected chi connectivity index (χ3v) is 3.04. The summed E-state index contributed by atoms with van der Waals surface area (Å²) in [4.78, 5) is 3.99. The molecule has 0 amide bonds. The van der Waals surface area contributed by atoms with Gasteiger partial charge >= 0.3 is 0 Å². The van der Waals surface area contributed by atoms with Crippen molar-refractivity contribution in [1.29, 1.82) is 0 Å². The maximum absolute atomic E-state index is 9.29. The molecule has 0 spiro atoms. The van der Waals surface area contributed by atoms with Crippen molar-refractivity contribution in [3.8, 4) is 11.1 Å². The number of rotatable bonds is 2. The number of hydrogen-bond acceptors (Lipinski definition) is 2. The van der Waals surface area contributed by atoms with Crippen LogP contribution in [0.5, 0.6) is 0 Å². The molecule has 17 heavy (non-hydrogen) atoms. The van der Waals surface area contributed by atoms with Crippen LogP contribution >= 0.6 is 34.8 Å². The highest BCUT2D eigenvalue weighted by molar-refractivity contribution is 6.35. The van der Waals surface area contributed by atoms with Gasteiger partial charge < -0.3 is 5.11 Å². The van der Waals surface area contributed by atoms with Crippen molar-refractivity contribution in [3.05, 3.63) is 51.2 Å². The SMILES string of the molecule is OCc1ccnc(Cl)c1-c1cc(Cl)cc(Cl)c1. The molecule has 0 aliphatic rings. The second-order valence-corrected chi connectivity index (χ2v) is 4.68. The second-order valence-electron chi connectivity index (χ2n) is 3.45. The Morgan fingerprint density at radius 3 is 2.29 bits per heavy atom. The quantitative estimate of drug-likeness (QED) is 0.840. The van der Waals surface area contributed by atoms with Crippen LogP contribution in [-0.2, 0) is 6.61 Å². The van der Waals surface area contributed by atoms with Crippen molar-refractivity contribution in [3.63, 3.8) is 0 Å². The summed E-state index contributed by atoms with van der Waals surface area (Å²) in [5.41, 5.74) is 2.08. The van der Waals surface area contributed by atoms with Crippen LogP contribution in [0.3, 0.4) is 0 Å². The summed E-state index contributed by atoms with van der Waals surface area (Å²) in [5.74, 6) is 0. The first-order chi connectivity index (χ1) is 8.11. The molecule has 0 bridgehead atoms. The third kappa shape index (κ3) is 2.72. The van der Waals surface area contributed by atoms with Crippen LogP contribution in [0.25, 0.3) is 11.1 Å². The first kappa shape index (κ1) is 12.7. The third-order valence-electron chi connectivity index (χ3n) is 2.31. The minimum Gasteiger partial charge on any atom is -0.392 e. The van der Waals surface area contributed by atoms with E-state index in [1.165, 1.54) is 0 Å². The fraction of sp³-hybridized carbons (Fsp3) is 0.0833. The monoisotopic (exact) mass is 287 g/mol. The molecule has 0 saturated carbocycles. The second kappa shape index (κ2) is 5.23. The zero-order chi connectivity index (χ0) is 12.4. The minimum absolute atomic E-state index is 0.123. The maximum Gasteiger partial charge on any atom is 0.137 e. The zero-order valence-corrected chi connectivity index (χ0v) is 10.9. The number of nitrogens with zero attached hydrogens (tertiary/aromatic N) is 1. The smallest absolute Gasteiger partial charge is 0.137 e. The van der Waals surface area contributed by atoms with Gasteiger partial charge in [-0.05, 0) is 35.4 Å². The highest BCUT2D eigenvalue weighted by atomic mass is 35.5. The predicted octanol–water partition coefficient (Wildman–Crippen LogP) is 4.20. The van der Waals surface area contributed by atoms with Crippen molar-refractivity contribution in [2.24, 2.45) is 0 Å². The van der Waals surface area contributed by atoms with Crippen LogP contribution in [0.1, 0.15) is 5.56 Å². The Morgan fingerprint density at radius 1 is 1.06 bits per heavy atom. The van der Waals surface area contributed by atoms with E-state index in [9.17, 15) is 5.11 Å². The summed E-state index contributed by atoms with van der Waals surface area (Å²) in [6.45, 7) is -0.123. The Kier molecular flexibility index (Phi) is 3.89. The Morgan fingerprint density at radius 2 is 1.71 bits per heavy atom. The lowest BCUT2D eigenvalue weighted by atomic mass is 10.0. The number of aromatic nitrogens is 1. The molecule has 2 aromatic rings. The molecular weight excluding hydrogens is 280 g/mol. The van der Waals surface area contributed by atoms with E-state index in [2.05, 4.69) is 4.98 Å². The van der Waals surface area contributed by atoms with Gasteiger partial charge in [0.25, 0.3) is 0 Å². The van der Waals surface area contributed by atoms with Crippen molar-refractivity contribution >= 4 is 34.8 Å². The van der Waals surface area contributed by atoms with Gasteiger partial charge in [-0.2, -0.15) is 0 Å². The molecule has 0 fully saturated rings. The lowest BCUT2D eigenvalue weighted by molar-refractivity contribution is 0.282. The van der Waals surface area contributed by atoms with Gasteiger partial charge in [0, 0.05) is 21.8 Å². The van der Waals surface area contributed by atoms with Crippen molar-refractivity contribution < 1.29 is 5.11 Å². The topological polar surface area (TPSA) is 33.1 Å². The van der Waals surface area contributed by atoms with Gasteiger partial charge in [-0.25, -0.2) is 4.98 Å². The van der Waals surface area contributed by atoms with Gasteiger partial charge in [0.05, 0.1) is 6.61 Å². The van der Waals surface area contributed by atoms with E-state index in [1.54, 1.807) is 30.5 Å². The molecule has 0 aliphatic heterocycles. The number of hydrogen-bond donors (Lipinski definition) is 1. The molecule has 5 heteroatoms. The number of halogens is 3. The molecule has 0 unspecified atom stereocenters. The van der Waals surface area contributed by atoms with E-state index in [0.29, 0.717) is 26.3 Å². The highest BCUT2D eigenvalue weighted by Gasteiger charge is 2.11. The van der Waals surface area contributed by atoms with Crippen molar-refractivity contribution in [2.75, 3.05) is 0 Å². The molecule has 1 aromatic heterocycles. The normalized spacial score (nSPS) is 10.6. The molecule has 0 saturated heterocycles. The Hall–Kier alpha value is -0.800. The molecular formula is C12H8Cl3NO. The van der Waals surface area contributed by atoms with Gasteiger partial charge in [0.2, 0.25) is 0 Å². The molecule has 0 aliphatic carbocycles. The number of aliphatic hydroxyl groups is 1. The molecule has 1 N–H and O–H groups in total. The Bertz CT molecular complexity index is 537. The van der Waals surface area contributed by atoms with Gasteiger partial charge in [-0.3, -0.25) is 0 Å². The molecule has 1 heterocycles. The average Bonchev–Trinajstić information content (AvgIpc) is 2.27. The summed E-state index contributed by atoms with van der Waals surface area (Å²) in [6.07, 6.45) is 1.55. The van der Waals surface area contributed by atoms with Crippen LogP contribution in [-0.4, -0.2) is 10.1 Å². The van der Waals surface area contributed by atoms with Crippen LogP contribution in [0, 0.1) is 0 Å². The zero-order valence-electron chi connectivity index (χ0n) is 8.62. The molecule has 2 rings (SSSR count). The minimum atomic E-state index is -0.123. The number of benzene rings is 1. The van der Waals surface area contributed by atoms with E-state index in [0.717, 1.165) is 5.56 Å². The maximum atomic E-state index is 9.29. The molecule has 0 radical (unpaired) electrons. The summed E-state index contributed by atoms with van der Waals surface area (Å²) in [6, 6.07) is 6.80. The van der Waals surface area contributed by atoms with Crippen LogP contribution in [0.4, 0.5) is 0 Å². The Balaban J connectivity index is 2.67.